The van der Waals surface area contributed by atoms with Crippen molar-refractivity contribution in [2.45, 2.75) is 45.8 Å². The molecular weight excluding hydrogens is 239 g/mol. The fourth-order valence-corrected chi connectivity index (χ4v) is 2.10. The van der Waals surface area contributed by atoms with Crippen molar-refractivity contribution in [1.29, 1.82) is 0 Å². The van der Waals surface area contributed by atoms with Gasteiger partial charge in [-0.05, 0) is 40.7 Å². The van der Waals surface area contributed by atoms with Crippen LogP contribution in [-0.4, -0.2) is 37.4 Å². The molecule has 104 valence electrons. The maximum Gasteiger partial charge on any atom is 0.496 e. The predicted octanol–water partition coefficient (Wildman–Crippen LogP) is 1.76. The van der Waals surface area contributed by atoms with Crippen LogP contribution in [-0.2, 0) is 9.31 Å². The molecule has 0 amide bonds. The van der Waals surface area contributed by atoms with Crippen LogP contribution in [0, 0.1) is 6.92 Å². The van der Waals surface area contributed by atoms with Crippen molar-refractivity contribution in [2.75, 3.05) is 19.0 Å². The molecule has 0 radical (unpaired) electrons. The van der Waals surface area contributed by atoms with Gasteiger partial charge in [0, 0.05) is 25.8 Å². The number of hydrogen-bond acceptors (Lipinski definition) is 4. The molecule has 1 aromatic heterocycles. The van der Waals surface area contributed by atoms with Crippen LogP contribution in [0.5, 0.6) is 0 Å². The topological polar surface area (TPSA) is 34.6 Å². The van der Waals surface area contributed by atoms with E-state index in [0.717, 1.165) is 16.8 Å². The highest BCUT2D eigenvalue weighted by Crippen LogP contribution is 2.36. The molecule has 0 aliphatic carbocycles. The van der Waals surface area contributed by atoms with Crippen molar-refractivity contribution in [3.05, 3.63) is 18.0 Å². The van der Waals surface area contributed by atoms with Crippen LogP contribution in [0.4, 0.5) is 5.69 Å². The molecule has 0 unspecified atom stereocenters. The molecule has 1 aliphatic heterocycles. The van der Waals surface area contributed by atoms with Crippen molar-refractivity contribution in [3.8, 4) is 0 Å². The van der Waals surface area contributed by atoms with Crippen LogP contribution in [0.25, 0.3) is 0 Å². The third kappa shape index (κ3) is 2.49. The Morgan fingerprint density at radius 2 is 1.63 bits per heavy atom. The summed E-state index contributed by atoms with van der Waals surface area (Å²) >= 11 is 0. The Morgan fingerprint density at radius 3 is 2.11 bits per heavy atom. The molecule has 0 atom stereocenters. The Morgan fingerprint density at radius 1 is 1.11 bits per heavy atom. The Labute approximate surface area is 116 Å². The summed E-state index contributed by atoms with van der Waals surface area (Å²) in [6.45, 7) is 10.2. The minimum Gasteiger partial charge on any atom is -0.399 e. The standard InChI is InChI=1S/C14H23BN2O2/c1-10-12(17(6)7)8-11(9-16-10)15-18-13(2,3)14(4,5)19-15/h8-9H,1-7H3. The van der Waals surface area contributed by atoms with Gasteiger partial charge in [0.2, 0.25) is 0 Å². The van der Waals surface area contributed by atoms with E-state index in [1.165, 1.54) is 0 Å². The Kier molecular flexibility index (Phi) is 3.39. The van der Waals surface area contributed by atoms with E-state index in [-0.39, 0.29) is 18.3 Å². The molecule has 1 fully saturated rings. The normalized spacial score (nSPS) is 20.7. The van der Waals surface area contributed by atoms with Crippen molar-refractivity contribution < 1.29 is 9.31 Å². The minimum absolute atomic E-state index is 0.319. The van der Waals surface area contributed by atoms with E-state index in [4.69, 9.17) is 9.31 Å². The van der Waals surface area contributed by atoms with Gasteiger partial charge in [-0.2, -0.15) is 0 Å². The largest absolute Gasteiger partial charge is 0.496 e. The number of pyridine rings is 1. The summed E-state index contributed by atoms with van der Waals surface area (Å²) < 4.78 is 12.1. The lowest BCUT2D eigenvalue weighted by Crippen LogP contribution is -2.41. The van der Waals surface area contributed by atoms with Gasteiger partial charge in [-0.15, -0.1) is 0 Å². The lowest BCUT2D eigenvalue weighted by molar-refractivity contribution is 0.00578. The van der Waals surface area contributed by atoms with Gasteiger partial charge in [-0.1, -0.05) is 0 Å². The van der Waals surface area contributed by atoms with Gasteiger partial charge in [0.1, 0.15) is 0 Å². The van der Waals surface area contributed by atoms with Crippen molar-refractivity contribution in [3.63, 3.8) is 0 Å². The van der Waals surface area contributed by atoms with Crippen LogP contribution in [0.3, 0.4) is 0 Å². The zero-order chi connectivity index (χ0) is 14.4. The summed E-state index contributed by atoms with van der Waals surface area (Å²) in [5, 5.41) is 0. The number of nitrogens with zero attached hydrogens (tertiary/aromatic N) is 2. The summed E-state index contributed by atoms with van der Waals surface area (Å²) in [6, 6.07) is 2.09. The Balaban J connectivity index is 2.32. The fraction of sp³-hybridized carbons (Fsp3) is 0.643. The summed E-state index contributed by atoms with van der Waals surface area (Å²) in [5.74, 6) is 0. The summed E-state index contributed by atoms with van der Waals surface area (Å²) in [6.07, 6.45) is 1.84. The van der Waals surface area contributed by atoms with Crippen molar-refractivity contribution in [1.82, 2.24) is 4.98 Å². The highest BCUT2D eigenvalue weighted by Gasteiger charge is 2.51. The fourth-order valence-electron chi connectivity index (χ4n) is 2.10. The minimum atomic E-state index is -0.350. The first kappa shape index (κ1) is 14.3. The molecule has 2 rings (SSSR count). The third-order valence-electron chi connectivity index (χ3n) is 4.09. The first-order valence-electron chi connectivity index (χ1n) is 6.63. The van der Waals surface area contributed by atoms with Crippen molar-refractivity contribution in [2.24, 2.45) is 0 Å². The number of aromatic nitrogens is 1. The molecule has 0 aromatic carbocycles. The van der Waals surface area contributed by atoms with Crippen molar-refractivity contribution >= 4 is 18.3 Å². The van der Waals surface area contributed by atoms with Crippen LogP contribution in [0.15, 0.2) is 12.3 Å². The predicted molar refractivity (Wildman–Crippen MR) is 79.0 cm³/mol. The third-order valence-corrected chi connectivity index (χ3v) is 4.09. The van der Waals surface area contributed by atoms with Crippen LogP contribution in [0.1, 0.15) is 33.4 Å². The molecule has 2 heterocycles. The molecule has 1 saturated heterocycles. The maximum absolute atomic E-state index is 6.04. The number of hydrogen-bond donors (Lipinski definition) is 0. The van der Waals surface area contributed by atoms with Gasteiger partial charge in [0.15, 0.2) is 0 Å². The second kappa shape index (κ2) is 4.49. The number of rotatable bonds is 2. The zero-order valence-corrected chi connectivity index (χ0v) is 12.9. The van der Waals surface area contributed by atoms with Crippen LogP contribution in [0.2, 0.25) is 0 Å². The van der Waals surface area contributed by atoms with E-state index < -0.39 is 0 Å². The number of aryl methyl sites for hydroxylation is 1. The molecule has 5 heteroatoms. The van der Waals surface area contributed by atoms with E-state index in [2.05, 4.69) is 43.6 Å². The van der Waals surface area contributed by atoms with E-state index in [1.807, 2.05) is 27.2 Å². The first-order valence-corrected chi connectivity index (χ1v) is 6.63. The molecule has 0 saturated carbocycles. The van der Waals surface area contributed by atoms with Crippen LogP contribution >= 0.6 is 0 Å². The molecule has 4 nitrogen and oxygen atoms in total. The summed E-state index contributed by atoms with van der Waals surface area (Å²) in [4.78, 5) is 6.49. The SMILES string of the molecule is Cc1ncc(B2OC(C)(C)C(C)(C)O2)cc1N(C)C. The molecule has 0 bridgehead atoms. The van der Waals surface area contributed by atoms with Gasteiger partial charge in [-0.25, -0.2) is 0 Å². The molecule has 0 N–H and O–H groups in total. The first-order chi connectivity index (χ1) is 8.64. The maximum atomic E-state index is 6.04. The Hall–Kier alpha value is -1.07. The molecule has 1 aromatic rings. The highest BCUT2D eigenvalue weighted by atomic mass is 16.7. The van der Waals surface area contributed by atoms with Gasteiger partial charge < -0.3 is 14.2 Å². The Bertz CT molecular complexity index is 470. The molecule has 1 aliphatic rings. The van der Waals surface area contributed by atoms with E-state index in [9.17, 15) is 0 Å². The second-order valence-corrected chi connectivity index (χ2v) is 6.36. The highest BCUT2D eigenvalue weighted by molar-refractivity contribution is 6.62. The summed E-state index contributed by atoms with van der Waals surface area (Å²) in [5.41, 5.74) is 2.42. The zero-order valence-electron chi connectivity index (χ0n) is 12.9. The van der Waals surface area contributed by atoms with Gasteiger partial charge in [0.25, 0.3) is 0 Å². The van der Waals surface area contributed by atoms with E-state index >= 15 is 0 Å². The average molecular weight is 262 g/mol. The molecular formula is C14H23BN2O2. The lowest BCUT2D eigenvalue weighted by atomic mass is 9.80. The lowest BCUT2D eigenvalue weighted by Gasteiger charge is -2.32. The van der Waals surface area contributed by atoms with Gasteiger partial charge in [0.05, 0.1) is 22.6 Å². The molecule has 19 heavy (non-hydrogen) atoms. The van der Waals surface area contributed by atoms with E-state index in [1.54, 1.807) is 0 Å². The van der Waals surface area contributed by atoms with Gasteiger partial charge >= 0.3 is 7.12 Å². The van der Waals surface area contributed by atoms with Crippen LogP contribution < -0.4 is 10.4 Å². The smallest absolute Gasteiger partial charge is 0.399 e. The molecule has 0 spiro atoms. The number of anilines is 1. The monoisotopic (exact) mass is 262 g/mol. The van der Waals surface area contributed by atoms with Gasteiger partial charge in [-0.3, -0.25) is 4.98 Å². The summed E-state index contributed by atoms with van der Waals surface area (Å²) in [7, 11) is 3.67. The average Bonchev–Trinajstić information content (AvgIpc) is 2.48. The second-order valence-electron chi connectivity index (χ2n) is 6.36. The quantitative estimate of drug-likeness (QED) is 0.760. The van der Waals surface area contributed by atoms with E-state index in [0.29, 0.717) is 0 Å².